The number of aromatic nitrogens is 2. The second kappa shape index (κ2) is 3.66. The molecular formula is C13H9N3O2. The Bertz CT molecular complexity index is 789. The Balaban J connectivity index is 2.33. The number of hydrogen-bond donors (Lipinski definition) is 2. The summed E-state index contributed by atoms with van der Waals surface area (Å²) in [6.07, 6.45) is 1.69. The number of benzene rings is 1. The third-order valence-electron chi connectivity index (χ3n) is 2.87. The van der Waals surface area contributed by atoms with E-state index in [-0.39, 0.29) is 5.69 Å². The van der Waals surface area contributed by atoms with Crippen molar-refractivity contribution in [2.45, 2.75) is 0 Å². The van der Waals surface area contributed by atoms with Crippen molar-refractivity contribution in [3.63, 3.8) is 0 Å². The summed E-state index contributed by atoms with van der Waals surface area (Å²) < 4.78 is 0. The molecule has 3 aromatic rings. The van der Waals surface area contributed by atoms with Crippen molar-refractivity contribution in [1.29, 1.82) is 0 Å². The van der Waals surface area contributed by atoms with Gasteiger partial charge in [0.15, 0.2) is 0 Å². The molecule has 0 spiro atoms. The molecule has 0 fully saturated rings. The molecular weight excluding hydrogens is 230 g/mol. The van der Waals surface area contributed by atoms with Crippen molar-refractivity contribution in [3.05, 3.63) is 42.2 Å². The van der Waals surface area contributed by atoms with Crippen molar-refractivity contribution in [3.8, 4) is 0 Å². The summed E-state index contributed by atoms with van der Waals surface area (Å²) in [5, 5.41) is 1.85. The molecule has 18 heavy (non-hydrogen) atoms. The third kappa shape index (κ3) is 1.45. The molecule has 0 radical (unpaired) electrons. The predicted molar refractivity (Wildman–Crippen MR) is 67.1 cm³/mol. The maximum atomic E-state index is 11.5. The average molecular weight is 239 g/mol. The SMILES string of the molecule is NC(=O)C(=O)c1ccc2ccc3nccc3c2[nH]1. The van der Waals surface area contributed by atoms with Gasteiger partial charge in [0, 0.05) is 11.6 Å². The van der Waals surface area contributed by atoms with Gasteiger partial charge in [0.25, 0.3) is 11.7 Å². The first-order valence-electron chi connectivity index (χ1n) is 5.37. The first-order chi connectivity index (χ1) is 8.66. The van der Waals surface area contributed by atoms with Crippen LogP contribution in [0.4, 0.5) is 0 Å². The van der Waals surface area contributed by atoms with Crippen LogP contribution in [0.15, 0.2) is 36.5 Å². The second-order valence-electron chi connectivity index (χ2n) is 3.97. The van der Waals surface area contributed by atoms with Crippen LogP contribution in [0.25, 0.3) is 21.8 Å². The minimum Gasteiger partial charge on any atom is -0.363 e. The number of nitrogens with two attached hydrogens (primary N) is 1. The Hall–Kier alpha value is -2.69. The molecule has 0 saturated carbocycles. The number of H-pyrrole nitrogens is 1. The number of carbonyl (C=O) groups excluding carboxylic acids is 2. The fourth-order valence-corrected chi connectivity index (χ4v) is 1.99. The number of nitrogens with one attached hydrogen (secondary N) is 1. The quantitative estimate of drug-likeness (QED) is 0.523. The van der Waals surface area contributed by atoms with Crippen LogP contribution in [0, 0.1) is 0 Å². The maximum absolute atomic E-state index is 11.5. The van der Waals surface area contributed by atoms with Gasteiger partial charge in [0.1, 0.15) is 0 Å². The zero-order valence-corrected chi connectivity index (χ0v) is 9.31. The standard InChI is InChI=1S/C13H9N3O2/c14-13(18)12(17)10-4-2-7-1-3-9-8(5-6-15-9)11(7)16-10/h1-6,16H,(H2,14,18). The van der Waals surface area contributed by atoms with Crippen molar-refractivity contribution >= 4 is 33.5 Å². The first kappa shape index (κ1) is 10.5. The van der Waals surface area contributed by atoms with Gasteiger partial charge in [-0.1, -0.05) is 12.1 Å². The maximum Gasteiger partial charge on any atom is 0.291 e. The van der Waals surface area contributed by atoms with Crippen molar-refractivity contribution < 1.29 is 9.59 Å². The number of Topliss-reactive ketones (excluding diaryl/α,β-unsaturated/α-hetero) is 1. The van der Waals surface area contributed by atoms with Gasteiger partial charge in [-0.2, -0.15) is 0 Å². The monoisotopic (exact) mass is 239 g/mol. The average Bonchev–Trinajstić information content (AvgIpc) is 2.85. The molecule has 0 aliphatic carbocycles. The highest BCUT2D eigenvalue weighted by molar-refractivity contribution is 6.41. The Kier molecular flexibility index (Phi) is 2.13. The third-order valence-corrected chi connectivity index (χ3v) is 2.87. The van der Waals surface area contributed by atoms with Crippen LogP contribution < -0.4 is 5.73 Å². The number of primary amides is 1. The summed E-state index contributed by atoms with van der Waals surface area (Å²) in [4.78, 5) is 29.6. The lowest BCUT2D eigenvalue weighted by Crippen LogP contribution is -2.23. The van der Waals surface area contributed by atoms with E-state index in [9.17, 15) is 9.59 Å². The van der Waals surface area contributed by atoms with Gasteiger partial charge >= 0.3 is 0 Å². The van der Waals surface area contributed by atoms with Gasteiger partial charge in [-0.3, -0.25) is 14.6 Å². The fraction of sp³-hybridized carbons (Fsp3) is 0. The topological polar surface area (TPSA) is 88.8 Å². The Morgan fingerprint density at radius 3 is 2.67 bits per heavy atom. The Morgan fingerprint density at radius 2 is 1.89 bits per heavy atom. The molecule has 0 saturated heterocycles. The molecule has 1 amide bonds. The lowest BCUT2D eigenvalue weighted by molar-refractivity contribution is -0.114. The molecule has 1 aromatic carbocycles. The van der Waals surface area contributed by atoms with Crippen LogP contribution in [0.2, 0.25) is 0 Å². The lowest BCUT2D eigenvalue weighted by atomic mass is 10.1. The van der Waals surface area contributed by atoms with Crippen LogP contribution in [-0.2, 0) is 4.79 Å². The van der Waals surface area contributed by atoms with Crippen LogP contribution in [0.3, 0.4) is 0 Å². The van der Waals surface area contributed by atoms with E-state index >= 15 is 0 Å². The highest BCUT2D eigenvalue weighted by Crippen LogP contribution is 2.23. The van der Waals surface area contributed by atoms with Crippen LogP contribution in [0.1, 0.15) is 10.5 Å². The molecule has 2 heterocycles. The minimum atomic E-state index is -0.974. The number of rotatable bonds is 2. The summed E-state index contributed by atoms with van der Waals surface area (Å²) in [5.41, 5.74) is 6.78. The van der Waals surface area contributed by atoms with E-state index in [1.165, 1.54) is 0 Å². The summed E-state index contributed by atoms with van der Waals surface area (Å²) >= 11 is 0. The number of aromatic amines is 1. The fourth-order valence-electron chi connectivity index (χ4n) is 1.99. The Labute approximate surface area is 102 Å². The minimum absolute atomic E-state index is 0.184. The van der Waals surface area contributed by atoms with Gasteiger partial charge in [-0.25, -0.2) is 0 Å². The molecule has 0 aliphatic rings. The molecule has 3 N–H and O–H groups in total. The van der Waals surface area contributed by atoms with Crippen molar-refractivity contribution in [2.24, 2.45) is 5.73 Å². The van der Waals surface area contributed by atoms with Crippen molar-refractivity contribution in [1.82, 2.24) is 9.97 Å². The van der Waals surface area contributed by atoms with E-state index in [1.54, 1.807) is 18.3 Å². The molecule has 2 aromatic heterocycles. The molecule has 0 bridgehead atoms. The predicted octanol–water partition coefficient (Wildman–Crippen LogP) is 1.38. The smallest absolute Gasteiger partial charge is 0.291 e. The Morgan fingerprint density at radius 1 is 1.11 bits per heavy atom. The molecule has 5 heteroatoms. The summed E-state index contributed by atoms with van der Waals surface area (Å²) in [7, 11) is 0. The molecule has 88 valence electrons. The van der Waals surface area contributed by atoms with E-state index in [0.29, 0.717) is 0 Å². The molecule has 5 nitrogen and oxygen atoms in total. The number of ketones is 1. The zero-order chi connectivity index (χ0) is 12.7. The second-order valence-corrected chi connectivity index (χ2v) is 3.97. The van der Waals surface area contributed by atoms with Gasteiger partial charge < -0.3 is 10.7 Å². The summed E-state index contributed by atoms with van der Waals surface area (Å²) in [6, 6.07) is 8.99. The largest absolute Gasteiger partial charge is 0.363 e. The number of pyridine rings is 1. The normalized spacial score (nSPS) is 10.9. The number of amides is 1. The molecule has 3 rings (SSSR count). The van der Waals surface area contributed by atoms with Crippen LogP contribution in [0.5, 0.6) is 0 Å². The van der Waals surface area contributed by atoms with E-state index < -0.39 is 11.7 Å². The van der Waals surface area contributed by atoms with E-state index in [0.717, 1.165) is 21.8 Å². The highest BCUT2D eigenvalue weighted by Gasteiger charge is 2.13. The van der Waals surface area contributed by atoms with Crippen LogP contribution >= 0.6 is 0 Å². The first-order valence-corrected chi connectivity index (χ1v) is 5.37. The molecule has 0 atom stereocenters. The molecule has 0 aliphatic heterocycles. The van der Waals surface area contributed by atoms with Crippen molar-refractivity contribution in [2.75, 3.05) is 0 Å². The summed E-state index contributed by atoms with van der Waals surface area (Å²) in [6.45, 7) is 0. The van der Waals surface area contributed by atoms with Crippen LogP contribution in [-0.4, -0.2) is 21.7 Å². The number of carbonyl (C=O) groups is 2. The van der Waals surface area contributed by atoms with E-state index in [4.69, 9.17) is 5.73 Å². The summed E-state index contributed by atoms with van der Waals surface area (Å²) in [5.74, 6) is -1.70. The van der Waals surface area contributed by atoms with Gasteiger partial charge in [0.05, 0.1) is 16.7 Å². The van der Waals surface area contributed by atoms with Gasteiger partial charge in [0.2, 0.25) is 0 Å². The zero-order valence-electron chi connectivity index (χ0n) is 9.31. The van der Waals surface area contributed by atoms with Gasteiger partial charge in [-0.15, -0.1) is 0 Å². The lowest BCUT2D eigenvalue weighted by Gasteiger charge is -2.03. The van der Waals surface area contributed by atoms with E-state index in [2.05, 4.69) is 9.97 Å². The highest BCUT2D eigenvalue weighted by atomic mass is 16.2. The van der Waals surface area contributed by atoms with E-state index in [1.807, 2.05) is 18.2 Å². The number of hydrogen-bond acceptors (Lipinski definition) is 3. The number of fused-ring (bicyclic) bond motifs is 3. The molecule has 0 unspecified atom stereocenters. The number of nitrogens with zero attached hydrogens (tertiary/aromatic N) is 1. The van der Waals surface area contributed by atoms with Gasteiger partial charge in [-0.05, 0) is 23.6 Å².